The predicted molar refractivity (Wildman–Crippen MR) is 110 cm³/mol. The number of benzene rings is 2. The number of para-hydroxylation sites is 1. The lowest BCUT2D eigenvalue weighted by Gasteiger charge is -2.36. The zero-order valence-electron chi connectivity index (χ0n) is 16.1. The number of nitrogens with zero attached hydrogens (tertiary/aromatic N) is 3. The minimum atomic E-state index is -0.231. The molecule has 3 saturated heterocycles. The Morgan fingerprint density at radius 1 is 0.857 bits per heavy atom. The van der Waals surface area contributed by atoms with Crippen molar-refractivity contribution in [2.24, 2.45) is 5.92 Å². The van der Waals surface area contributed by atoms with Crippen molar-refractivity contribution in [3.05, 3.63) is 77.7 Å². The minimum absolute atomic E-state index is 0.231. The lowest BCUT2D eigenvalue weighted by Crippen LogP contribution is -2.43. The van der Waals surface area contributed by atoms with Crippen molar-refractivity contribution in [3.63, 3.8) is 0 Å². The molecule has 6 rings (SSSR count). The van der Waals surface area contributed by atoms with Crippen molar-refractivity contribution < 1.29 is 4.39 Å². The molecule has 2 atom stereocenters. The highest BCUT2D eigenvalue weighted by molar-refractivity contribution is 5.79. The van der Waals surface area contributed by atoms with E-state index >= 15 is 0 Å². The summed E-state index contributed by atoms with van der Waals surface area (Å²) < 4.78 is 14.1. The molecule has 4 heterocycles. The average Bonchev–Trinajstić information content (AvgIpc) is 3.00. The highest BCUT2D eigenvalue weighted by Crippen LogP contribution is 2.30. The van der Waals surface area contributed by atoms with Crippen molar-refractivity contribution >= 4 is 10.9 Å². The number of pyridine rings is 1. The van der Waals surface area contributed by atoms with Gasteiger partial charge in [-0.15, -0.1) is 0 Å². The van der Waals surface area contributed by atoms with Crippen LogP contribution in [0, 0.1) is 11.7 Å². The van der Waals surface area contributed by atoms with E-state index in [9.17, 15) is 4.39 Å². The molecule has 3 fully saturated rings. The summed E-state index contributed by atoms with van der Waals surface area (Å²) in [5.41, 5.74) is 2.85. The number of hydrogen-bond acceptors (Lipinski definition) is 3. The Morgan fingerprint density at radius 2 is 1.75 bits per heavy atom. The van der Waals surface area contributed by atoms with Crippen LogP contribution in [0.1, 0.15) is 24.1 Å². The zero-order valence-corrected chi connectivity index (χ0v) is 16.1. The molecular weight excluding hydrogens is 349 g/mol. The monoisotopic (exact) mass is 375 g/mol. The van der Waals surface area contributed by atoms with E-state index in [1.165, 1.54) is 31.0 Å². The van der Waals surface area contributed by atoms with Gasteiger partial charge in [-0.25, -0.2) is 9.37 Å². The fourth-order valence-corrected chi connectivity index (χ4v) is 4.89. The third-order valence-electron chi connectivity index (χ3n) is 6.25. The summed E-state index contributed by atoms with van der Waals surface area (Å²) in [7, 11) is 0. The van der Waals surface area contributed by atoms with Gasteiger partial charge in [0.05, 0.1) is 5.69 Å². The first-order valence-electron chi connectivity index (χ1n) is 10.3. The normalized spacial score (nSPS) is 23.2. The highest BCUT2D eigenvalue weighted by Gasteiger charge is 2.34. The van der Waals surface area contributed by atoms with E-state index in [2.05, 4.69) is 51.2 Å². The fraction of sp³-hybridized carbons (Fsp3) is 0.375. The van der Waals surface area contributed by atoms with Crippen LogP contribution in [0.25, 0.3) is 10.9 Å². The number of halogens is 1. The van der Waals surface area contributed by atoms with Crippen LogP contribution in [-0.4, -0.2) is 40.5 Å². The molecule has 4 heteroatoms. The van der Waals surface area contributed by atoms with Gasteiger partial charge in [0, 0.05) is 44.2 Å². The quantitative estimate of drug-likeness (QED) is 0.671. The number of hydrogen-bond donors (Lipinski definition) is 0. The molecular formula is C24H26FN3. The summed E-state index contributed by atoms with van der Waals surface area (Å²) >= 11 is 0. The van der Waals surface area contributed by atoms with E-state index in [4.69, 9.17) is 0 Å². The van der Waals surface area contributed by atoms with E-state index in [0.29, 0.717) is 17.5 Å². The van der Waals surface area contributed by atoms with Crippen LogP contribution in [0.15, 0.2) is 60.7 Å². The number of fused-ring (bicyclic) bond motifs is 5. The first-order valence-corrected chi connectivity index (χ1v) is 10.3. The lowest BCUT2D eigenvalue weighted by atomic mass is 9.95. The molecule has 0 spiro atoms. The molecule has 0 radical (unpaired) electrons. The van der Waals surface area contributed by atoms with E-state index < -0.39 is 0 Å². The highest BCUT2D eigenvalue weighted by atomic mass is 19.1. The third-order valence-corrected chi connectivity index (χ3v) is 6.25. The Balaban J connectivity index is 1.32. The van der Waals surface area contributed by atoms with Gasteiger partial charge in [-0.3, -0.25) is 9.80 Å². The van der Waals surface area contributed by atoms with Gasteiger partial charge >= 0.3 is 0 Å². The molecule has 3 aromatic rings. The molecule has 0 N–H and O–H groups in total. The molecule has 3 aliphatic rings. The average molecular weight is 375 g/mol. The van der Waals surface area contributed by atoms with Crippen molar-refractivity contribution in [3.8, 4) is 0 Å². The van der Waals surface area contributed by atoms with Crippen LogP contribution in [0.3, 0.4) is 0 Å². The van der Waals surface area contributed by atoms with Gasteiger partial charge in [0.2, 0.25) is 0 Å². The third kappa shape index (κ3) is 3.67. The Labute approximate surface area is 165 Å². The first kappa shape index (κ1) is 17.8. The van der Waals surface area contributed by atoms with Gasteiger partial charge in [-0.05, 0) is 36.5 Å². The molecule has 2 bridgehead atoms. The second-order valence-electron chi connectivity index (χ2n) is 8.32. The second kappa shape index (κ2) is 7.61. The Hall–Kier alpha value is -2.30. The van der Waals surface area contributed by atoms with E-state index in [1.54, 1.807) is 6.07 Å². The number of piperidine rings is 1. The van der Waals surface area contributed by atoms with Crippen LogP contribution < -0.4 is 0 Å². The predicted octanol–water partition coefficient (Wildman–Crippen LogP) is 4.47. The van der Waals surface area contributed by atoms with Crippen molar-refractivity contribution in [1.82, 2.24) is 14.8 Å². The Kier molecular flexibility index (Phi) is 4.83. The molecule has 28 heavy (non-hydrogen) atoms. The zero-order chi connectivity index (χ0) is 18.9. The molecule has 3 nitrogen and oxygen atoms in total. The van der Waals surface area contributed by atoms with Gasteiger partial charge in [0.15, 0.2) is 0 Å². The van der Waals surface area contributed by atoms with Crippen LogP contribution in [0.2, 0.25) is 0 Å². The number of aromatic nitrogens is 1. The summed E-state index contributed by atoms with van der Waals surface area (Å²) in [5, 5.41) is 0.871. The number of rotatable bonds is 4. The van der Waals surface area contributed by atoms with E-state index in [-0.39, 0.29) is 5.82 Å². The molecule has 3 aliphatic heterocycles. The Bertz CT molecular complexity index is 958. The van der Waals surface area contributed by atoms with Crippen LogP contribution in [0.5, 0.6) is 0 Å². The standard InChI is InChI=1S/C24H26FN3/c25-23-8-4-7-20-10-11-21(26-24(20)23)16-28-15-19-9-12-22(28)17-27(14-19)13-18-5-2-1-3-6-18/h1-8,10-11,19,22H,9,12-17H2/t19-,22+/m0/s1. The maximum atomic E-state index is 14.1. The Morgan fingerprint density at radius 3 is 2.64 bits per heavy atom. The van der Waals surface area contributed by atoms with Gasteiger partial charge in [-0.2, -0.15) is 0 Å². The molecule has 0 saturated carbocycles. The molecule has 2 aromatic carbocycles. The molecule has 1 aromatic heterocycles. The summed E-state index contributed by atoms with van der Waals surface area (Å²) in [5.74, 6) is 0.477. The van der Waals surface area contributed by atoms with Crippen molar-refractivity contribution in [2.75, 3.05) is 19.6 Å². The maximum absolute atomic E-state index is 14.1. The topological polar surface area (TPSA) is 19.4 Å². The summed E-state index contributed by atoms with van der Waals surface area (Å²) in [6, 6.07) is 20.5. The van der Waals surface area contributed by atoms with Crippen molar-refractivity contribution in [2.45, 2.75) is 32.0 Å². The van der Waals surface area contributed by atoms with E-state index in [0.717, 1.165) is 37.3 Å². The van der Waals surface area contributed by atoms with Crippen LogP contribution in [-0.2, 0) is 13.1 Å². The molecule has 0 unspecified atom stereocenters. The van der Waals surface area contributed by atoms with Gasteiger partial charge in [-0.1, -0.05) is 48.5 Å². The first-order chi connectivity index (χ1) is 13.7. The summed E-state index contributed by atoms with van der Waals surface area (Å²) in [6.07, 6.45) is 2.56. The van der Waals surface area contributed by atoms with Crippen LogP contribution >= 0.6 is 0 Å². The lowest BCUT2D eigenvalue weighted by molar-refractivity contribution is 0.121. The smallest absolute Gasteiger partial charge is 0.149 e. The van der Waals surface area contributed by atoms with Crippen molar-refractivity contribution in [1.29, 1.82) is 0 Å². The van der Waals surface area contributed by atoms with Crippen LogP contribution in [0.4, 0.5) is 4.39 Å². The molecule has 144 valence electrons. The van der Waals surface area contributed by atoms with E-state index in [1.807, 2.05) is 12.1 Å². The largest absolute Gasteiger partial charge is 0.297 e. The fourth-order valence-electron chi connectivity index (χ4n) is 4.89. The molecule has 0 aliphatic carbocycles. The maximum Gasteiger partial charge on any atom is 0.149 e. The van der Waals surface area contributed by atoms with Gasteiger partial charge < -0.3 is 0 Å². The summed E-state index contributed by atoms with van der Waals surface area (Å²) in [6.45, 7) is 5.23. The minimum Gasteiger partial charge on any atom is -0.297 e. The van der Waals surface area contributed by atoms with Gasteiger partial charge in [0.1, 0.15) is 11.3 Å². The molecule has 0 amide bonds. The summed E-state index contributed by atoms with van der Waals surface area (Å²) in [4.78, 5) is 9.83. The van der Waals surface area contributed by atoms with Gasteiger partial charge in [0.25, 0.3) is 0 Å². The SMILES string of the molecule is Fc1cccc2ccc(CN3C[C@H]4CC[C@@H]3CN(Cc3ccccc3)C4)nc12. The second-order valence-corrected chi connectivity index (χ2v) is 8.32.